The molecule has 0 fully saturated rings. The number of carbonyl (C=O) groups excluding carboxylic acids is 2. The van der Waals surface area contributed by atoms with E-state index in [0.717, 1.165) is 31.6 Å². The van der Waals surface area contributed by atoms with E-state index in [-0.39, 0.29) is 18.3 Å². The van der Waals surface area contributed by atoms with Crippen molar-refractivity contribution < 1.29 is 14.3 Å². The van der Waals surface area contributed by atoms with Crippen LogP contribution in [0.25, 0.3) is 0 Å². The van der Waals surface area contributed by atoms with Crippen molar-refractivity contribution in [3.63, 3.8) is 0 Å². The molecule has 0 spiro atoms. The summed E-state index contributed by atoms with van der Waals surface area (Å²) in [5.41, 5.74) is 1.16. The van der Waals surface area contributed by atoms with Crippen molar-refractivity contribution in [1.82, 2.24) is 9.80 Å². The quantitative estimate of drug-likeness (QED) is 0.583. The molecule has 134 valence electrons. The van der Waals surface area contributed by atoms with E-state index in [1.165, 1.54) is 7.11 Å². The molecule has 0 unspecified atom stereocenters. The molecule has 0 aliphatic carbocycles. The Kier molecular flexibility index (Phi) is 9.77. The number of amides is 1. The highest BCUT2D eigenvalue weighted by atomic mass is 16.5. The first-order valence-corrected chi connectivity index (χ1v) is 8.71. The molecule has 0 saturated carbocycles. The predicted molar refractivity (Wildman–Crippen MR) is 95.8 cm³/mol. The molecule has 0 atom stereocenters. The highest BCUT2D eigenvalue weighted by molar-refractivity contribution is 5.77. The van der Waals surface area contributed by atoms with Crippen LogP contribution in [0.5, 0.6) is 0 Å². The van der Waals surface area contributed by atoms with E-state index in [9.17, 15) is 9.59 Å². The third-order valence-corrected chi connectivity index (χ3v) is 4.22. The molecule has 1 aromatic carbocycles. The standard InChI is InChI=1S/C19H30N2O3/c1-4-20(5-2)15-16-21(14-13-19(23)24-3)18(22)12-11-17-9-7-6-8-10-17/h6-10H,4-5,11-16H2,1-3H3. The van der Waals surface area contributed by atoms with Gasteiger partial charge in [0.2, 0.25) is 5.91 Å². The number of aryl methyl sites for hydroxylation is 1. The van der Waals surface area contributed by atoms with Gasteiger partial charge in [-0.1, -0.05) is 44.2 Å². The van der Waals surface area contributed by atoms with Gasteiger partial charge in [0.15, 0.2) is 0 Å². The molecule has 0 heterocycles. The number of ether oxygens (including phenoxy) is 1. The summed E-state index contributed by atoms with van der Waals surface area (Å²) in [4.78, 5) is 28.0. The third kappa shape index (κ3) is 7.59. The average molecular weight is 334 g/mol. The first-order valence-electron chi connectivity index (χ1n) is 8.71. The molecule has 0 bridgehead atoms. The Labute approximate surface area is 145 Å². The highest BCUT2D eigenvalue weighted by Gasteiger charge is 2.16. The van der Waals surface area contributed by atoms with Crippen LogP contribution in [0.15, 0.2) is 30.3 Å². The van der Waals surface area contributed by atoms with E-state index < -0.39 is 0 Å². The molecule has 0 aliphatic rings. The first-order chi connectivity index (χ1) is 11.6. The summed E-state index contributed by atoms with van der Waals surface area (Å²) in [6.45, 7) is 8.03. The Morgan fingerprint density at radius 2 is 1.62 bits per heavy atom. The zero-order valence-electron chi connectivity index (χ0n) is 15.2. The number of methoxy groups -OCH3 is 1. The Balaban J connectivity index is 2.56. The lowest BCUT2D eigenvalue weighted by molar-refractivity contribution is -0.141. The van der Waals surface area contributed by atoms with E-state index in [4.69, 9.17) is 4.74 Å². The fourth-order valence-electron chi connectivity index (χ4n) is 2.55. The van der Waals surface area contributed by atoms with E-state index >= 15 is 0 Å². The lowest BCUT2D eigenvalue weighted by Gasteiger charge is -2.26. The summed E-state index contributed by atoms with van der Waals surface area (Å²) in [5, 5.41) is 0. The number of esters is 1. The van der Waals surface area contributed by atoms with Crippen LogP contribution in [0.3, 0.4) is 0 Å². The molecule has 1 aromatic rings. The van der Waals surface area contributed by atoms with Crippen molar-refractivity contribution in [2.45, 2.75) is 33.1 Å². The van der Waals surface area contributed by atoms with E-state index in [1.807, 2.05) is 30.3 Å². The molecule has 0 saturated heterocycles. The maximum absolute atomic E-state index is 12.6. The molecule has 0 radical (unpaired) electrons. The molecule has 1 amide bonds. The minimum atomic E-state index is -0.279. The molecular weight excluding hydrogens is 304 g/mol. The Morgan fingerprint density at radius 1 is 0.958 bits per heavy atom. The molecule has 24 heavy (non-hydrogen) atoms. The van der Waals surface area contributed by atoms with Crippen LogP contribution >= 0.6 is 0 Å². The minimum absolute atomic E-state index is 0.0925. The van der Waals surface area contributed by atoms with E-state index in [2.05, 4.69) is 18.7 Å². The van der Waals surface area contributed by atoms with Crippen molar-refractivity contribution in [3.05, 3.63) is 35.9 Å². The topological polar surface area (TPSA) is 49.9 Å². The molecule has 5 nitrogen and oxygen atoms in total. The van der Waals surface area contributed by atoms with E-state index in [0.29, 0.717) is 19.5 Å². The summed E-state index contributed by atoms with van der Waals surface area (Å²) >= 11 is 0. The lowest BCUT2D eigenvalue weighted by atomic mass is 10.1. The van der Waals surface area contributed by atoms with Crippen LogP contribution in [0.1, 0.15) is 32.3 Å². The first kappa shape index (κ1) is 20.2. The molecule has 0 aromatic heterocycles. The SMILES string of the molecule is CCN(CC)CCN(CCC(=O)OC)C(=O)CCc1ccccc1. The fourth-order valence-corrected chi connectivity index (χ4v) is 2.55. The smallest absolute Gasteiger partial charge is 0.307 e. The van der Waals surface area contributed by atoms with Crippen LogP contribution in [0.4, 0.5) is 0 Å². The van der Waals surface area contributed by atoms with Gasteiger partial charge >= 0.3 is 5.97 Å². The van der Waals surface area contributed by atoms with Gasteiger partial charge in [0.25, 0.3) is 0 Å². The normalized spacial score (nSPS) is 10.7. The van der Waals surface area contributed by atoms with Crippen LogP contribution in [0, 0.1) is 0 Å². The zero-order valence-corrected chi connectivity index (χ0v) is 15.2. The molecule has 5 heteroatoms. The Hall–Kier alpha value is -1.88. The molecule has 0 N–H and O–H groups in total. The summed E-state index contributed by atoms with van der Waals surface area (Å²) < 4.78 is 4.69. The van der Waals surface area contributed by atoms with Gasteiger partial charge in [0, 0.05) is 26.1 Å². The second-order valence-corrected chi connectivity index (χ2v) is 5.72. The summed E-state index contributed by atoms with van der Waals surface area (Å²) in [6, 6.07) is 9.99. The predicted octanol–water partition coefficient (Wildman–Crippen LogP) is 2.35. The van der Waals surface area contributed by atoms with Crippen LogP contribution in [0.2, 0.25) is 0 Å². The van der Waals surface area contributed by atoms with Gasteiger partial charge < -0.3 is 14.5 Å². The summed E-state index contributed by atoms with van der Waals surface area (Å²) in [7, 11) is 1.37. The van der Waals surface area contributed by atoms with Crippen molar-refractivity contribution >= 4 is 11.9 Å². The second-order valence-electron chi connectivity index (χ2n) is 5.72. The van der Waals surface area contributed by atoms with Crippen molar-refractivity contribution in [3.8, 4) is 0 Å². The second kappa shape index (κ2) is 11.6. The number of benzene rings is 1. The monoisotopic (exact) mass is 334 g/mol. The van der Waals surface area contributed by atoms with Gasteiger partial charge in [-0.2, -0.15) is 0 Å². The van der Waals surface area contributed by atoms with Crippen molar-refractivity contribution in [2.75, 3.05) is 39.8 Å². The zero-order chi connectivity index (χ0) is 17.8. The molecule has 0 aliphatic heterocycles. The fraction of sp³-hybridized carbons (Fsp3) is 0.579. The maximum atomic E-state index is 12.6. The third-order valence-electron chi connectivity index (χ3n) is 4.22. The Morgan fingerprint density at radius 3 is 2.21 bits per heavy atom. The Bertz CT molecular complexity index is 487. The van der Waals surface area contributed by atoms with Gasteiger partial charge in [-0.25, -0.2) is 0 Å². The summed E-state index contributed by atoms with van der Waals surface area (Å²) in [6.07, 6.45) is 1.43. The van der Waals surface area contributed by atoms with E-state index in [1.54, 1.807) is 4.90 Å². The molecule has 1 rings (SSSR count). The highest BCUT2D eigenvalue weighted by Crippen LogP contribution is 2.06. The van der Waals surface area contributed by atoms with Crippen molar-refractivity contribution in [1.29, 1.82) is 0 Å². The van der Waals surface area contributed by atoms with Crippen LogP contribution in [-0.2, 0) is 20.7 Å². The number of likely N-dealkylation sites (N-methyl/N-ethyl adjacent to an activating group) is 1. The average Bonchev–Trinajstić information content (AvgIpc) is 2.63. The number of carbonyl (C=O) groups is 2. The van der Waals surface area contributed by atoms with Gasteiger partial charge in [0.1, 0.15) is 0 Å². The maximum Gasteiger partial charge on any atom is 0.307 e. The minimum Gasteiger partial charge on any atom is -0.469 e. The summed E-state index contributed by atoms with van der Waals surface area (Å²) in [5.74, 6) is -0.186. The van der Waals surface area contributed by atoms with Crippen molar-refractivity contribution in [2.24, 2.45) is 0 Å². The van der Waals surface area contributed by atoms with Gasteiger partial charge in [-0.3, -0.25) is 9.59 Å². The molecular formula is C19H30N2O3. The van der Waals surface area contributed by atoms with Gasteiger partial charge in [-0.05, 0) is 25.1 Å². The van der Waals surface area contributed by atoms with Gasteiger partial charge in [-0.15, -0.1) is 0 Å². The number of nitrogens with zero attached hydrogens (tertiary/aromatic N) is 2. The van der Waals surface area contributed by atoms with Gasteiger partial charge in [0.05, 0.1) is 13.5 Å². The van der Waals surface area contributed by atoms with Crippen LogP contribution < -0.4 is 0 Å². The number of hydrogen-bond acceptors (Lipinski definition) is 4. The lowest BCUT2D eigenvalue weighted by Crippen LogP contribution is -2.40. The van der Waals surface area contributed by atoms with Crippen LogP contribution in [-0.4, -0.2) is 61.5 Å². The largest absolute Gasteiger partial charge is 0.469 e. The number of hydrogen-bond donors (Lipinski definition) is 0. The number of rotatable bonds is 11.